The fraction of sp³-hybridized carbons (Fsp3) is 0.500. The van der Waals surface area contributed by atoms with Crippen molar-refractivity contribution in [1.82, 2.24) is 4.90 Å². The standard InChI is InChI=1S/C16H21NO3/c1-7-8(2)10(4)13-12(9(7)3)14(16(19)20)11(5)17(6)15(13)18/h11,14H,1-6H3,(H,19,20). The molecule has 0 saturated carbocycles. The molecule has 0 spiro atoms. The Morgan fingerprint density at radius 3 is 2.05 bits per heavy atom. The Balaban J connectivity index is 2.90. The van der Waals surface area contributed by atoms with E-state index in [-0.39, 0.29) is 11.9 Å². The Morgan fingerprint density at radius 1 is 1.05 bits per heavy atom. The van der Waals surface area contributed by atoms with E-state index in [9.17, 15) is 14.7 Å². The van der Waals surface area contributed by atoms with E-state index < -0.39 is 11.9 Å². The summed E-state index contributed by atoms with van der Waals surface area (Å²) in [4.78, 5) is 25.8. The number of likely N-dealkylation sites (N-methyl/N-ethyl adjacent to an activating group) is 1. The van der Waals surface area contributed by atoms with Crippen molar-refractivity contribution < 1.29 is 14.7 Å². The molecule has 2 atom stereocenters. The molecule has 1 heterocycles. The smallest absolute Gasteiger partial charge is 0.313 e. The molecule has 1 aromatic rings. The summed E-state index contributed by atoms with van der Waals surface area (Å²) in [6, 6.07) is -0.340. The molecule has 20 heavy (non-hydrogen) atoms. The first-order chi connectivity index (χ1) is 9.20. The summed E-state index contributed by atoms with van der Waals surface area (Å²) in [5.74, 6) is -1.61. The van der Waals surface area contributed by atoms with Gasteiger partial charge in [-0.05, 0) is 62.4 Å². The van der Waals surface area contributed by atoms with Gasteiger partial charge in [-0.3, -0.25) is 9.59 Å². The summed E-state index contributed by atoms with van der Waals surface area (Å²) in [7, 11) is 1.68. The minimum Gasteiger partial charge on any atom is -0.481 e. The summed E-state index contributed by atoms with van der Waals surface area (Å²) >= 11 is 0. The molecule has 4 heteroatoms. The zero-order valence-electron chi connectivity index (χ0n) is 12.9. The number of hydrogen-bond acceptors (Lipinski definition) is 2. The Bertz CT molecular complexity index is 619. The van der Waals surface area contributed by atoms with Crippen molar-refractivity contribution in [3.05, 3.63) is 33.4 Å². The van der Waals surface area contributed by atoms with E-state index in [1.165, 1.54) is 0 Å². The van der Waals surface area contributed by atoms with Gasteiger partial charge in [0, 0.05) is 18.7 Å². The van der Waals surface area contributed by atoms with Gasteiger partial charge in [0.2, 0.25) is 0 Å². The van der Waals surface area contributed by atoms with Gasteiger partial charge in [-0.2, -0.15) is 0 Å². The molecule has 1 aliphatic rings. The van der Waals surface area contributed by atoms with Crippen LogP contribution in [0.3, 0.4) is 0 Å². The van der Waals surface area contributed by atoms with Crippen LogP contribution in [0.15, 0.2) is 0 Å². The Labute approximate surface area is 119 Å². The maximum atomic E-state index is 12.6. The third kappa shape index (κ3) is 1.74. The van der Waals surface area contributed by atoms with Crippen molar-refractivity contribution in [3.63, 3.8) is 0 Å². The molecule has 2 unspecified atom stereocenters. The van der Waals surface area contributed by atoms with Crippen LogP contribution in [0, 0.1) is 27.7 Å². The van der Waals surface area contributed by atoms with Crippen LogP contribution >= 0.6 is 0 Å². The molecule has 0 radical (unpaired) electrons. The van der Waals surface area contributed by atoms with Gasteiger partial charge in [0.25, 0.3) is 5.91 Å². The first kappa shape index (κ1) is 14.6. The lowest BCUT2D eigenvalue weighted by atomic mass is 9.77. The van der Waals surface area contributed by atoms with Crippen LogP contribution < -0.4 is 0 Å². The molecule has 2 rings (SSSR count). The molecule has 0 aliphatic carbocycles. The van der Waals surface area contributed by atoms with Crippen molar-refractivity contribution in [3.8, 4) is 0 Å². The van der Waals surface area contributed by atoms with Crippen LogP contribution in [0.1, 0.15) is 51.0 Å². The van der Waals surface area contributed by atoms with Crippen LogP contribution in [0.5, 0.6) is 0 Å². The summed E-state index contributed by atoms with van der Waals surface area (Å²) in [6.45, 7) is 9.59. The Kier molecular flexibility index (Phi) is 3.36. The van der Waals surface area contributed by atoms with Crippen molar-refractivity contribution in [2.75, 3.05) is 7.05 Å². The quantitative estimate of drug-likeness (QED) is 0.857. The van der Waals surface area contributed by atoms with E-state index in [2.05, 4.69) is 0 Å². The average Bonchev–Trinajstić information content (AvgIpc) is 2.39. The second-order valence-electron chi connectivity index (χ2n) is 5.76. The largest absolute Gasteiger partial charge is 0.481 e. The Morgan fingerprint density at radius 2 is 1.55 bits per heavy atom. The SMILES string of the molecule is Cc1c(C)c(C)c2c(c1C)C(=O)N(C)C(C)C2C(=O)O. The predicted octanol–water partition coefficient (Wildman–Crippen LogP) is 2.56. The number of amides is 1. The number of aliphatic carboxylic acids is 1. The van der Waals surface area contributed by atoms with Crippen LogP contribution in [0.2, 0.25) is 0 Å². The number of rotatable bonds is 1. The summed E-state index contributed by atoms with van der Waals surface area (Å²) < 4.78 is 0. The summed E-state index contributed by atoms with van der Waals surface area (Å²) in [6.07, 6.45) is 0. The molecule has 0 aromatic heterocycles. The fourth-order valence-corrected chi connectivity index (χ4v) is 3.16. The third-order valence-electron chi connectivity index (χ3n) is 4.94. The van der Waals surface area contributed by atoms with E-state index in [0.29, 0.717) is 11.1 Å². The van der Waals surface area contributed by atoms with Gasteiger partial charge in [-0.25, -0.2) is 0 Å². The molecule has 1 N–H and O–H groups in total. The number of fused-ring (bicyclic) bond motifs is 1. The number of carbonyl (C=O) groups excluding carboxylic acids is 1. The Hall–Kier alpha value is -1.84. The third-order valence-corrected chi connectivity index (χ3v) is 4.94. The average molecular weight is 275 g/mol. The van der Waals surface area contributed by atoms with Gasteiger partial charge in [0.1, 0.15) is 5.92 Å². The molecule has 1 amide bonds. The van der Waals surface area contributed by atoms with Gasteiger partial charge in [-0.15, -0.1) is 0 Å². The highest BCUT2D eigenvalue weighted by Crippen LogP contribution is 2.39. The number of nitrogens with zero attached hydrogens (tertiary/aromatic N) is 1. The fourth-order valence-electron chi connectivity index (χ4n) is 3.16. The van der Waals surface area contributed by atoms with E-state index >= 15 is 0 Å². The van der Waals surface area contributed by atoms with Gasteiger partial charge < -0.3 is 10.0 Å². The van der Waals surface area contributed by atoms with E-state index in [1.54, 1.807) is 18.9 Å². The van der Waals surface area contributed by atoms with E-state index in [0.717, 1.165) is 22.3 Å². The lowest BCUT2D eigenvalue weighted by Gasteiger charge is -2.38. The van der Waals surface area contributed by atoms with Crippen LogP contribution in [0.4, 0.5) is 0 Å². The van der Waals surface area contributed by atoms with Crippen LogP contribution in [-0.2, 0) is 4.79 Å². The highest BCUT2D eigenvalue weighted by molar-refractivity contribution is 6.02. The number of carboxylic acids is 1. The van der Waals surface area contributed by atoms with E-state index in [4.69, 9.17) is 0 Å². The number of benzene rings is 1. The maximum absolute atomic E-state index is 12.6. The first-order valence-electron chi connectivity index (χ1n) is 6.80. The second kappa shape index (κ2) is 4.62. The number of carbonyl (C=O) groups is 2. The second-order valence-corrected chi connectivity index (χ2v) is 5.76. The minimum atomic E-state index is -0.871. The summed E-state index contributed by atoms with van der Waals surface area (Å²) in [5, 5.41) is 9.60. The van der Waals surface area contributed by atoms with Crippen molar-refractivity contribution in [1.29, 1.82) is 0 Å². The number of hydrogen-bond donors (Lipinski definition) is 1. The van der Waals surface area contributed by atoms with Crippen LogP contribution in [0.25, 0.3) is 0 Å². The van der Waals surface area contributed by atoms with Gasteiger partial charge in [0.05, 0.1) is 0 Å². The number of carboxylic acid groups (broad SMARTS) is 1. The molecule has 0 fully saturated rings. The zero-order chi connectivity index (χ0) is 15.4. The summed E-state index contributed by atoms with van der Waals surface area (Å²) in [5.41, 5.74) is 5.27. The lowest BCUT2D eigenvalue weighted by molar-refractivity contribution is -0.140. The van der Waals surface area contributed by atoms with E-state index in [1.807, 2.05) is 27.7 Å². The van der Waals surface area contributed by atoms with Gasteiger partial charge >= 0.3 is 5.97 Å². The molecule has 108 valence electrons. The van der Waals surface area contributed by atoms with Crippen molar-refractivity contribution >= 4 is 11.9 Å². The molecule has 1 aromatic carbocycles. The zero-order valence-corrected chi connectivity index (χ0v) is 12.9. The van der Waals surface area contributed by atoms with Crippen molar-refractivity contribution in [2.24, 2.45) is 0 Å². The van der Waals surface area contributed by atoms with Gasteiger partial charge in [0.15, 0.2) is 0 Å². The highest BCUT2D eigenvalue weighted by atomic mass is 16.4. The first-order valence-corrected chi connectivity index (χ1v) is 6.80. The molecular formula is C16H21NO3. The molecule has 1 aliphatic heterocycles. The van der Waals surface area contributed by atoms with Gasteiger partial charge in [-0.1, -0.05) is 0 Å². The minimum absolute atomic E-state index is 0.0753. The highest BCUT2D eigenvalue weighted by Gasteiger charge is 2.42. The molecular weight excluding hydrogens is 254 g/mol. The predicted molar refractivity (Wildman–Crippen MR) is 77.3 cm³/mol. The molecule has 0 bridgehead atoms. The molecule has 4 nitrogen and oxygen atoms in total. The monoisotopic (exact) mass is 275 g/mol. The normalized spacial score (nSPS) is 21.9. The van der Waals surface area contributed by atoms with Crippen LogP contribution in [-0.4, -0.2) is 35.0 Å². The lowest BCUT2D eigenvalue weighted by Crippen LogP contribution is -2.47. The maximum Gasteiger partial charge on any atom is 0.313 e. The molecule has 0 saturated heterocycles. The van der Waals surface area contributed by atoms with Crippen molar-refractivity contribution in [2.45, 2.75) is 46.6 Å². The topological polar surface area (TPSA) is 57.6 Å².